The number of nitrogens with zero attached hydrogens (tertiary/aromatic N) is 2. The Labute approximate surface area is 519 Å². The van der Waals surface area contributed by atoms with Gasteiger partial charge in [0.2, 0.25) is 0 Å². The maximum Gasteiger partial charge on any atom is 0.173 e. The number of amidine groups is 1. The van der Waals surface area contributed by atoms with Gasteiger partial charge < -0.3 is 27.0 Å². The highest BCUT2D eigenvalue weighted by molar-refractivity contribution is 9.09. The topological polar surface area (TPSA) is 109 Å². The molecule has 11 rings (SSSR count). The molecule has 79 heavy (non-hydrogen) atoms. The van der Waals surface area contributed by atoms with Gasteiger partial charge in [-0.1, -0.05) is 231 Å². The van der Waals surface area contributed by atoms with E-state index in [0.29, 0.717) is 20.5 Å². The first-order valence-corrected chi connectivity index (χ1v) is 29.7. The summed E-state index contributed by atoms with van der Waals surface area (Å²) in [6.07, 6.45) is 0. The highest BCUT2D eigenvalue weighted by atomic mass is 79.9. The fraction of sp³-hybridized carbons (Fsp3) is 0.115. The van der Waals surface area contributed by atoms with Crippen molar-refractivity contribution in [1.29, 1.82) is 0 Å². The summed E-state index contributed by atoms with van der Waals surface area (Å²) in [7, 11) is 0. The van der Waals surface area contributed by atoms with Gasteiger partial charge in [-0.2, -0.15) is 0 Å². The van der Waals surface area contributed by atoms with Crippen LogP contribution < -0.4 is 22.1 Å². The third kappa shape index (κ3) is 17.3. The molecule has 3 aliphatic heterocycles. The van der Waals surface area contributed by atoms with E-state index in [1.807, 2.05) is 162 Å². The highest BCUT2D eigenvalue weighted by Gasteiger charge is 2.43. The first kappa shape index (κ1) is 61.7. The van der Waals surface area contributed by atoms with Crippen molar-refractivity contribution in [2.24, 2.45) is 16.5 Å². The van der Waals surface area contributed by atoms with Crippen molar-refractivity contribution in [3.8, 4) is 0 Å². The smallest absolute Gasteiger partial charge is 0.173 e. The summed E-state index contributed by atoms with van der Waals surface area (Å²) in [6, 6.07) is 65.9. The minimum atomic E-state index is -0.275. The van der Waals surface area contributed by atoms with Gasteiger partial charge in [0.15, 0.2) is 16.1 Å². The Balaban J connectivity index is 0.000000158. The van der Waals surface area contributed by atoms with E-state index in [1.165, 1.54) is 16.8 Å². The Morgan fingerprint density at radius 2 is 0.911 bits per heavy atom. The molecule has 1 fully saturated rings. The lowest BCUT2D eigenvalue weighted by Gasteiger charge is -2.30. The van der Waals surface area contributed by atoms with Crippen LogP contribution in [-0.2, 0) is 0 Å². The number of nitrogens with one attached hydrogen (secondary N) is 2. The van der Waals surface area contributed by atoms with Crippen LogP contribution in [-0.4, -0.2) is 30.6 Å². The summed E-state index contributed by atoms with van der Waals surface area (Å²) < 4.78 is 1.92. The number of alkyl halides is 1. The van der Waals surface area contributed by atoms with Gasteiger partial charge in [0.1, 0.15) is 6.04 Å². The van der Waals surface area contributed by atoms with Gasteiger partial charge in [0, 0.05) is 57.5 Å². The Kier molecular flexibility index (Phi) is 24.0. The quantitative estimate of drug-likeness (QED) is 0.0601. The number of fused-ring (bicyclic) bond motifs is 1. The van der Waals surface area contributed by atoms with Gasteiger partial charge in [-0.05, 0) is 148 Å². The van der Waals surface area contributed by atoms with Crippen LogP contribution >= 0.6 is 134 Å². The molecular weight excluding hydrogens is 1250 g/mol. The SMILES string of the molecule is Clc1ccc(C2N=C3SC=C(c4ccccc4)N3C2c2ccc(Cl)cc2)cc1.NC(c1ccc(Cl)cc1)C(N)c1ccc(Cl)cc1.O=C(CBr)c1ccccc1.S=C1NC(c2ccc(Cl)cc2)C(c2ccc(Cl)cc2)N1.S=C=S. The molecule has 8 aromatic rings. The molecule has 8 aromatic carbocycles. The first-order chi connectivity index (χ1) is 38.2. The van der Waals surface area contributed by atoms with Crippen LogP contribution in [0.1, 0.15) is 85.6 Å². The van der Waals surface area contributed by atoms with E-state index >= 15 is 0 Å². The zero-order valence-electron chi connectivity index (χ0n) is 41.6. The summed E-state index contributed by atoms with van der Waals surface area (Å²) in [5.41, 5.74) is 22.0. The number of aliphatic imine (C=N–C) groups is 1. The molecule has 0 spiro atoms. The number of benzene rings is 8. The molecule has 18 heteroatoms. The second-order valence-electron chi connectivity index (χ2n) is 17.6. The number of nitrogens with two attached hydrogens (primary N) is 2. The van der Waals surface area contributed by atoms with Gasteiger partial charge in [0.05, 0.1) is 29.2 Å². The first-order valence-electron chi connectivity index (χ1n) is 24.2. The van der Waals surface area contributed by atoms with E-state index in [-0.39, 0.29) is 42.0 Å². The van der Waals surface area contributed by atoms with Gasteiger partial charge in [0.25, 0.3) is 0 Å². The maximum absolute atomic E-state index is 11.0. The number of rotatable bonds is 10. The van der Waals surface area contributed by atoms with Gasteiger partial charge in [-0.3, -0.25) is 9.79 Å². The standard InChI is InChI=1S/C23H16Cl2N2S.C15H12Cl2N2S.C14H14Cl2N2.C8H7BrO.CS2/c24-18-10-6-16(7-11-18)21-22(17-8-12-19(25)13-9-17)27-20(14-28-23(27)26-21)15-4-2-1-3-5-15;16-11-5-1-9(2-6-11)13-14(19-15(20)18-13)10-3-7-12(17)8-4-10;15-11-5-1-9(2-6-11)13(17)14(18)10-3-7-12(16)8-4-10;9-6-8(10)7-4-2-1-3-5-7;2-1-3/h1-14,21-22H;1-8,13-14H,(H2,18,19,20);1-8,13-14H,17-18H2;1-5H,6H2;. The predicted molar refractivity (Wildman–Crippen MR) is 348 cm³/mol. The normalized spacial score (nSPS) is 17.3. The lowest BCUT2D eigenvalue weighted by atomic mass is 9.93. The van der Waals surface area contributed by atoms with Crippen LogP contribution in [0.5, 0.6) is 0 Å². The van der Waals surface area contributed by atoms with Gasteiger partial charge in [-0.25, -0.2) is 0 Å². The Hall–Kier alpha value is -4.96. The fourth-order valence-electron chi connectivity index (χ4n) is 8.61. The average Bonchev–Trinajstić information content (AvgIpc) is 4.38. The summed E-state index contributed by atoms with van der Waals surface area (Å²) >= 11 is 53.8. The van der Waals surface area contributed by atoms with E-state index in [1.54, 1.807) is 11.8 Å². The van der Waals surface area contributed by atoms with Crippen molar-refractivity contribution in [1.82, 2.24) is 15.5 Å². The molecule has 7 nitrogen and oxygen atoms in total. The lowest BCUT2D eigenvalue weighted by molar-refractivity contribution is 0.102. The molecule has 6 unspecified atom stereocenters. The van der Waals surface area contributed by atoms with E-state index in [0.717, 1.165) is 58.6 Å². The van der Waals surface area contributed by atoms with Crippen molar-refractivity contribution in [3.05, 3.63) is 286 Å². The molecule has 0 bridgehead atoms. The number of Topliss-reactive ketones (excluding diaryl/α,β-unsaturated/α-hetero) is 1. The Morgan fingerprint density at radius 1 is 0.557 bits per heavy atom. The van der Waals surface area contributed by atoms with Crippen LogP contribution in [0.2, 0.25) is 30.1 Å². The molecule has 6 N–H and O–H groups in total. The predicted octanol–water partition coefficient (Wildman–Crippen LogP) is 18.4. The molecule has 0 saturated carbocycles. The molecule has 0 aliphatic carbocycles. The van der Waals surface area contributed by atoms with Crippen molar-refractivity contribution in [2.75, 3.05) is 5.33 Å². The highest BCUT2D eigenvalue weighted by Crippen LogP contribution is 2.51. The Morgan fingerprint density at radius 3 is 1.30 bits per heavy atom. The minimum Gasteiger partial charge on any atom is -0.353 e. The van der Waals surface area contributed by atoms with E-state index in [9.17, 15) is 4.79 Å². The number of carbonyl (C=O) groups excluding carboxylic acids is 1. The van der Waals surface area contributed by atoms with Crippen molar-refractivity contribution < 1.29 is 4.79 Å². The number of carbonyl (C=O) groups is 1. The zero-order chi connectivity index (χ0) is 56.4. The Bertz CT molecular complexity index is 3260. The largest absolute Gasteiger partial charge is 0.353 e. The number of hydrogen-bond donors (Lipinski definition) is 4. The maximum atomic E-state index is 11.0. The summed E-state index contributed by atoms with van der Waals surface area (Å²) in [6.45, 7) is 0. The summed E-state index contributed by atoms with van der Waals surface area (Å²) in [4.78, 5) is 18.4. The minimum absolute atomic E-state index is 0.00615. The third-order valence-corrected chi connectivity index (χ3v) is 15.7. The molecule has 6 atom stereocenters. The molecule has 0 amide bonds. The second kappa shape index (κ2) is 30.7. The van der Waals surface area contributed by atoms with E-state index in [2.05, 4.69) is 110 Å². The zero-order valence-corrected chi connectivity index (χ0v) is 51.0. The third-order valence-electron chi connectivity index (χ3n) is 12.5. The molecule has 0 aromatic heterocycles. The fourth-order valence-corrected chi connectivity index (χ4v) is 10.9. The average molecular weight is 1300 g/mol. The van der Waals surface area contributed by atoms with E-state index in [4.69, 9.17) is 98.3 Å². The van der Waals surface area contributed by atoms with Crippen molar-refractivity contribution >= 4 is 160 Å². The number of hydrogen-bond acceptors (Lipinski definition) is 9. The van der Waals surface area contributed by atoms with E-state index < -0.39 is 0 Å². The van der Waals surface area contributed by atoms with Crippen LogP contribution in [0.25, 0.3) is 5.70 Å². The molecule has 3 aliphatic rings. The summed E-state index contributed by atoms with van der Waals surface area (Å²) in [5.74, 6) is 0.126. The lowest BCUT2D eigenvalue weighted by Crippen LogP contribution is -2.26. The van der Waals surface area contributed by atoms with Gasteiger partial charge in [-0.15, -0.1) is 0 Å². The number of thiocarbonyl (C=S) groups is 3. The summed E-state index contributed by atoms with van der Waals surface area (Å²) in [5, 5.41) is 15.2. The van der Waals surface area contributed by atoms with Gasteiger partial charge >= 0.3 is 0 Å². The number of halogens is 7. The van der Waals surface area contributed by atoms with Crippen LogP contribution in [0.3, 0.4) is 0 Å². The molecule has 402 valence electrons. The monoisotopic (exact) mass is 1300 g/mol. The van der Waals surface area contributed by atoms with Crippen molar-refractivity contribution in [3.63, 3.8) is 0 Å². The van der Waals surface area contributed by atoms with Crippen LogP contribution in [0, 0.1) is 0 Å². The molecule has 3 heterocycles. The van der Waals surface area contributed by atoms with Crippen LogP contribution in [0.15, 0.2) is 217 Å². The number of ketones is 1. The second-order valence-corrected chi connectivity index (χ2v) is 22.7. The van der Waals surface area contributed by atoms with Crippen molar-refractivity contribution in [2.45, 2.75) is 36.3 Å². The number of thioether (sulfide) groups is 1. The molecule has 0 radical (unpaired) electrons. The van der Waals surface area contributed by atoms with Crippen LogP contribution in [0.4, 0.5) is 0 Å². The molecule has 1 saturated heterocycles. The molecular formula is C61H49BrCl6N6OS4.